The fourth-order valence-corrected chi connectivity index (χ4v) is 2.44. The molecule has 0 spiro atoms. The van der Waals surface area contributed by atoms with Crippen LogP contribution in [0.15, 0.2) is 29.4 Å². The Bertz CT molecular complexity index is 592. The second-order valence-corrected chi connectivity index (χ2v) is 4.89. The predicted molar refractivity (Wildman–Crippen MR) is 70.0 cm³/mol. The molecule has 0 fully saturated rings. The zero-order chi connectivity index (χ0) is 13.1. The van der Waals surface area contributed by atoms with Gasteiger partial charge in [-0.3, -0.25) is 14.0 Å². The highest BCUT2D eigenvalue weighted by atomic mass is 32.2. The van der Waals surface area contributed by atoms with Crippen molar-refractivity contribution in [2.75, 3.05) is 19.8 Å². The Morgan fingerprint density at radius 1 is 1.50 bits per heavy atom. The number of imidazole rings is 1. The second-order valence-electron chi connectivity index (χ2n) is 3.93. The topological polar surface area (TPSA) is 54.7 Å². The molecular formula is C12H13N3O2S. The van der Waals surface area contributed by atoms with Crippen LogP contribution in [0.2, 0.25) is 0 Å². The van der Waals surface area contributed by atoms with E-state index in [0.29, 0.717) is 16.4 Å². The molecule has 0 bridgehead atoms. The Labute approximate surface area is 109 Å². The largest absolute Gasteiger partial charge is 0.348 e. The first-order chi connectivity index (χ1) is 8.63. The normalized spacial score (nSPS) is 10.6. The van der Waals surface area contributed by atoms with E-state index in [-0.39, 0.29) is 11.7 Å². The van der Waals surface area contributed by atoms with Crippen LogP contribution in [0.4, 0.5) is 0 Å². The molecule has 0 aliphatic carbocycles. The lowest BCUT2D eigenvalue weighted by Crippen LogP contribution is -2.23. The molecule has 0 aliphatic heterocycles. The number of aromatic nitrogens is 2. The number of amides is 1. The van der Waals surface area contributed by atoms with E-state index in [1.807, 2.05) is 18.2 Å². The number of carbonyl (C=O) groups excluding carboxylic acids is 2. The van der Waals surface area contributed by atoms with Gasteiger partial charge in [-0.05, 0) is 12.1 Å². The maximum absolute atomic E-state index is 11.5. The standard InChI is InChI=1S/C12H13N3O2S/c1-14(2)11(17)8-18-12-9(7-16)15-6-4-3-5-10(15)13-12/h3-7H,8H2,1-2H3. The van der Waals surface area contributed by atoms with Crippen molar-refractivity contribution in [3.05, 3.63) is 30.1 Å². The van der Waals surface area contributed by atoms with Crippen LogP contribution in [0.1, 0.15) is 10.5 Å². The highest BCUT2D eigenvalue weighted by Crippen LogP contribution is 2.22. The second kappa shape index (κ2) is 5.22. The van der Waals surface area contributed by atoms with E-state index >= 15 is 0 Å². The molecule has 2 aromatic heterocycles. The van der Waals surface area contributed by atoms with Gasteiger partial charge in [-0.2, -0.15) is 0 Å². The summed E-state index contributed by atoms with van der Waals surface area (Å²) in [5.41, 5.74) is 1.20. The van der Waals surface area contributed by atoms with Crippen LogP contribution >= 0.6 is 11.8 Å². The molecule has 18 heavy (non-hydrogen) atoms. The van der Waals surface area contributed by atoms with Gasteiger partial charge in [0.2, 0.25) is 5.91 Å². The SMILES string of the molecule is CN(C)C(=O)CSc1nc2ccccn2c1C=O. The van der Waals surface area contributed by atoms with E-state index in [1.54, 1.807) is 24.7 Å². The molecular weight excluding hydrogens is 250 g/mol. The third kappa shape index (κ3) is 2.38. The molecule has 6 heteroatoms. The Hall–Kier alpha value is -1.82. The summed E-state index contributed by atoms with van der Waals surface area (Å²) in [5.74, 6) is 0.270. The molecule has 2 rings (SSSR count). The first-order valence-corrected chi connectivity index (χ1v) is 6.37. The van der Waals surface area contributed by atoms with E-state index in [2.05, 4.69) is 4.98 Å². The Balaban J connectivity index is 2.28. The van der Waals surface area contributed by atoms with Gasteiger partial charge < -0.3 is 4.90 Å². The zero-order valence-corrected chi connectivity index (χ0v) is 11.0. The molecule has 0 saturated heterocycles. The van der Waals surface area contributed by atoms with Crippen molar-refractivity contribution in [2.45, 2.75) is 5.03 Å². The van der Waals surface area contributed by atoms with Gasteiger partial charge in [0, 0.05) is 20.3 Å². The number of pyridine rings is 1. The number of thioether (sulfide) groups is 1. The number of aldehydes is 1. The summed E-state index contributed by atoms with van der Waals surface area (Å²) in [5, 5.41) is 0.589. The zero-order valence-electron chi connectivity index (χ0n) is 10.2. The average Bonchev–Trinajstić information content (AvgIpc) is 2.73. The molecule has 0 radical (unpaired) electrons. The summed E-state index contributed by atoms with van der Waals surface area (Å²) in [6.45, 7) is 0. The number of rotatable bonds is 4. The van der Waals surface area contributed by atoms with Crippen LogP contribution in [0.5, 0.6) is 0 Å². The molecule has 2 heterocycles. The smallest absolute Gasteiger partial charge is 0.232 e. The summed E-state index contributed by atoms with van der Waals surface area (Å²) in [6, 6.07) is 5.52. The molecule has 2 aromatic rings. The van der Waals surface area contributed by atoms with Gasteiger partial charge in [0.25, 0.3) is 0 Å². The number of hydrogen-bond donors (Lipinski definition) is 0. The number of carbonyl (C=O) groups is 2. The fourth-order valence-electron chi connectivity index (χ4n) is 1.47. The van der Waals surface area contributed by atoms with Crippen molar-refractivity contribution in [2.24, 2.45) is 0 Å². The van der Waals surface area contributed by atoms with E-state index in [9.17, 15) is 9.59 Å². The van der Waals surface area contributed by atoms with Gasteiger partial charge in [0.1, 0.15) is 16.4 Å². The first kappa shape index (κ1) is 12.6. The van der Waals surface area contributed by atoms with Gasteiger partial charge in [-0.1, -0.05) is 17.8 Å². The molecule has 5 nitrogen and oxygen atoms in total. The average molecular weight is 263 g/mol. The minimum absolute atomic E-state index is 0.00564. The van der Waals surface area contributed by atoms with Crippen LogP contribution in [-0.2, 0) is 4.79 Å². The van der Waals surface area contributed by atoms with Gasteiger partial charge >= 0.3 is 0 Å². The van der Waals surface area contributed by atoms with Crippen molar-refractivity contribution in [3.8, 4) is 0 Å². The molecule has 0 N–H and O–H groups in total. The third-order valence-corrected chi connectivity index (χ3v) is 3.44. The number of fused-ring (bicyclic) bond motifs is 1. The van der Waals surface area contributed by atoms with Crippen molar-refractivity contribution >= 4 is 29.6 Å². The summed E-state index contributed by atoms with van der Waals surface area (Å²) >= 11 is 1.28. The number of nitrogens with zero attached hydrogens (tertiary/aromatic N) is 3. The molecule has 0 saturated carbocycles. The molecule has 0 atom stereocenters. The molecule has 0 unspecified atom stereocenters. The van der Waals surface area contributed by atoms with Gasteiger partial charge in [0.15, 0.2) is 6.29 Å². The van der Waals surface area contributed by atoms with Crippen LogP contribution < -0.4 is 0 Å². The van der Waals surface area contributed by atoms with Crippen LogP contribution in [0, 0.1) is 0 Å². The van der Waals surface area contributed by atoms with Crippen LogP contribution in [0.25, 0.3) is 5.65 Å². The molecule has 1 amide bonds. The van der Waals surface area contributed by atoms with E-state index in [4.69, 9.17) is 0 Å². The summed E-state index contributed by atoms with van der Waals surface area (Å²) in [6.07, 6.45) is 2.55. The summed E-state index contributed by atoms with van der Waals surface area (Å²) in [4.78, 5) is 28.5. The Kier molecular flexibility index (Phi) is 3.66. The first-order valence-electron chi connectivity index (χ1n) is 5.38. The Morgan fingerprint density at radius 2 is 2.28 bits per heavy atom. The van der Waals surface area contributed by atoms with Crippen molar-refractivity contribution in [1.82, 2.24) is 14.3 Å². The Morgan fingerprint density at radius 3 is 2.94 bits per heavy atom. The molecule has 0 aliphatic rings. The summed E-state index contributed by atoms with van der Waals surface area (Å²) < 4.78 is 1.72. The van der Waals surface area contributed by atoms with Gasteiger partial charge in [-0.25, -0.2) is 4.98 Å². The quantitative estimate of drug-likeness (QED) is 0.617. The highest BCUT2D eigenvalue weighted by molar-refractivity contribution is 8.00. The van der Waals surface area contributed by atoms with E-state index in [0.717, 1.165) is 6.29 Å². The summed E-state index contributed by atoms with van der Waals surface area (Å²) in [7, 11) is 3.40. The maximum Gasteiger partial charge on any atom is 0.232 e. The fraction of sp³-hybridized carbons (Fsp3) is 0.250. The lowest BCUT2D eigenvalue weighted by Gasteiger charge is -2.08. The number of hydrogen-bond acceptors (Lipinski definition) is 4. The monoisotopic (exact) mass is 263 g/mol. The van der Waals surface area contributed by atoms with Crippen molar-refractivity contribution in [1.29, 1.82) is 0 Å². The lowest BCUT2D eigenvalue weighted by molar-refractivity contribution is -0.125. The van der Waals surface area contributed by atoms with Crippen molar-refractivity contribution in [3.63, 3.8) is 0 Å². The van der Waals surface area contributed by atoms with Crippen molar-refractivity contribution < 1.29 is 9.59 Å². The minimum Gasteiger partial charge on any atom is -0.348 e. The molecule has 94 valence electrons. The van der Waals surface area contributed by atoms with Gasteiger partial charge in [0.05, 0.1) is 5.75 Å². The van der Waals surface area contributed by atoms with E-state index < -0.39 is 0 Å². The maximum atomic E-state index is 11.5. The van der Waals surface area contributed by atoms with Crippen LogP contribution in [0.3, 0.4) is 0 Å². The van der Waals surface area contributed by atoms with E-state index in [1.165, 1.54) is 16.7 Å². The molecule has 0 aromatic carbocycles. The lowest BCUT2D eigenvalue weighted by atomic mass is 10.4. The van der Waals surface area contributed by atoms with Gasteiger partial charge in [-0.15, -0.1) is 0 Å². The predicted octanol–water partition coefficient (Wildman–Crippen LogP) is 1.33. The highest BCUT2D eigenvalue weighted by Gasteiger charge is 2.13. The van der Waals surface area contributed by atoms with Crippen LogP contribution in [-0.4, -0.2) is 46.3 Å². The third-order valence-electron chi connectivity index (χ3n) is 2.48. The minimum atomic E-state index is -0.00564.